The van der Waals surface area contributed by atoms with Crippen molar-refractivity contribution in [2.24, 2.45) is 0 Å². The maximum atomic E-state index is 12.1. The fourth-order valence-corrected chi connectivity index (χ4v) is 3.35. The third kappa shape index (κ3) is 5.01. The van der Waals surface area contributed by atoms with Crippen LogP contribution in [-0.2, 0) is 11.2 Å². The molecule has 1 aromatic heterocycles. The van der Waals surface area contributed by atoms with Gasteiger partial charge in [0, 0.05) is 12.5 Å². The number of nitrogens with zero attached hydrogens (tertiary/aromatic N) is 3. The molecule has 0 spiro atoms. The van der Waals surface area contributed by atoms with Crippen LogP contribution in [0.5, 0.6) is 0 Å². The van der Waals surface area contributed by atoms with Crippen molar-refractivity contribution in [1.82, 2.24) is 15.1 Å². The minimum atomic E-state index is -0.0754. The molecule has 2 N–H and O–H groups in total. The number of aromatic nitrogens is 2. The van der Waals surface area contributed by atoms with E-state index in [9.17, 15) is 9.90 Å². The number of likely N-dealkylation sites (tertiary alicyclic amines) is 1. The van der Waals surface area contributed by atoms with Crippen molar-refractivity contribution in [3.05, 3.63) is 5.01 Å². The monoisotopic (exact) mass is 312 g/mol. The van der Waals surface area contributed by atoms with Crippen LogP contribution >= 0.6 is 11.3 Å². The highest BCUT2D eigenvalue weighted by molar-refractivity contribution is 7.15. The number of hydrogen-bond acceptors (Lipinski definition) is 6. The fourth-order valence-electron chi connectivity index (χ4n) is 2.55. The zero-order valence-electron chi connectivity index (χ0n) is 12.5. The van der Waals surface area contributed by atoms with Gasteiger partial charge in [-0.1, -0.05) is 31.1 Å². The number of nitrogens with one attached hydrogen (secondary N) is 1. The number of amides is 1. The first kappa shape index (κ1) is 16.3. The summed E-state index contributed by atoms with van der Waals surface area (Å²) in [5, 5.41) is 21.8. The highest BCUT2D eigenvalue weighted by Crippen LogP contribution is 2.19. The lowest BCUT2D eigenvalue weighted by Gasteiger charge is -2.33. The molecule has 0 radical (unpaired) electrons. The zero-order valence-corrected chi connectivity index (χ0v) is 13.4. The van der Waals surface area contributed by atoms with E-state index in [1.807, 2.05) is 0 Å². The second-order valence-electron chi connectivity index (χ2n) is 5.46. The van der Waals surface area contributed by atoms with Gasteiger partial charge in [0.2, 0.25) is 11.0 Å². The summed E-state index contributed by atoms with van der Waals surface area (Å²) in [5.41, 5.74) is 0. The Morgan fingerprint density at radius 1 is 1.48 bits per heavy atom. The lowest BCUT2D eigenvalue weighted by Crippen LogP contribution is -2.45. The van der Waals surface area contributed by atoms with Gasteiger partial charge in [-0.25, -0.2) is 0 Å². The number of carbonyl (C=O) groups is 1. The van der Waals surface area contributed by atoms with Crippen molar-refractivity contribution >= 4 is 22.4 Å². The third-order valence-corrected chi connectivity index (χ3v) is 4.66. The van der Waals surface area contributed by atoms with E-state index in [0.717, 1.165) is 50.1 Å². The molecule has 6 nitrogen and oxygen atoms in total. The van der Waals surface area contributed by atoms with E-state index >= 15 is 0 Å². The van der Waals surface area contributed by atoms with Crippen molar-refractivity contribution in [1.29, 1.82) is 0 Å². The topological polar surface area (TPSA) is 78.4 Å². The molecule has 1 amide bonds. The van der Waals surface area contributed by atoms with E-state index in [4.69, 9.17) is 0 Å². The van der Waals surface area contributed by atoms with Gasteiger partial charge in [-0.3, -0.25) is 15.0 Å². The van der Waals surface area contributed by atoms with Gasteiger partial charge in [0.15, 0.2) is 0 Å². The molecule has 1 atom stereocenters. The normalized spacial score (nSPS) is 19.6. The first-order chi connectivity index (χ1) is 10.2. The van der Waals surface area contributed by atoms with Crippen molar-refractivity contribution in [2.45, 2.75) is 51.5 Å². The Morgan fingerprint density at radius 3 is 3.10 bits per heavy atom. The molecule has 0 bridgehead atoms. The van der Waals surface area contributed by atoms with E-state index in [1.165, 1.54) is 11.3 Å². The van der Waals surface area contributed by atoms with Crippen LogP contribution in [0.1, 0.15) is 44.0 Å². The third-order valence-electron chi connectivity index (χ3n) is 3.76. The zero-order chi connectivity index (χ0) is 15.1. The Hall–Kier alpha value is -1.05. The molecule has 0 aromatic carbocycles. The predicted molar refractivity (Wildman–Crippen MR) is 83.4 cm³/mol. The van der Waals surface area contributed by atoms with Gasteiger partial charge in [0.05, 0.1) is 13.2 Å². The molecular weight excluding hydrogens is 288 g/mol. The average Bonchev–Trinajstić information content (AvgIpc) is 2.93. The maximum absolute atomic E-state index is 12.1. The molecule has 1 fully saturated rings. The second-order valence-corrected chi connectivity index (χ2v) is 6.52. The van der Waals surface area contributed by atoms with E-state index in [-0.39, 0.29) is 18.6 Å². The molecule has 21 heavy (non-hydrogen) atoms. The smallest absolute Gasteiger partial charge is 0.240 e. The summed E-state index contributed by atoms with van der Waals surface area (Å²) in [4.78, 5) is 14.1. The lowest BCUT2D eigenvalue weighted by atomic mass is 10.0. The number of hydrogen-bond donors (Lipinski definition) is 2. The summed E-state index contributed by atoms with van der Waals surface area (Å²) >= 11 is 1.45. The highest BCUT2D eigenvalue weighted by Gasteiger charge is 2.23. The molecule has 118 valence electrons. The van der Waals surface area contributed by atoms with Crippen LogP contribution in [0.15, 0.2) is 0 Å². The standard InChI is InChI=1S/C14H24N4O2S/c1-2-3-7-13-16-17-14(21-13)15-12(20)9-18-8-5-4-6-11(18)10-19/h11,19H,2-10H2,1H3,(H,15,17,20). The molecule has 7 heteroatoms. The predicted octanol–water partition coefficient (Wildman–Crippen LogP) is 1.67. The molecule has 1 aromatic rings. The van der Waals surface area contributed by atoms with Gasteiger partial charge in [-0.15, -0.1) is 10.2 Å². The summed E-state index contributed by atoms with van der Waals surface area (Å²) < 4.78 is 0. The minimum Gasteiger partial charge on any atom is -0.395 e. The Balaban J connectivity index is 1.82. The second kappa shape index (κ2) is 8.41. The maximum Gasteiger partial charge on any atom is 0.240 e. The first-order valence-corrected chi connectivity index (χ1v) is 8.51. The molecule has 1 aliphatic heterocycles. The Kier molecular flexibility index (Phi) is 6.53. The summed E-state index contributed by atoms with van der Waals surface area (Å²) in [6, 6.07) is 0.110. The lowest BCUT2D eigenvalue weighted by molar-refractivity contribution is -0.118. The quantitative estimate of drug-likeness (QED) is 0.800. The van der Waals surface area contributed by atoms with Crippen LogP contribution in [0, 0.1) is 0 Å². The summed E-state index contributed by atoms with van der Waals surface area (Å²) in [6.07, 6.45) is 6.31. The van der Waals surface area contributed by atoms with Gasteiger partial charge < -0.3 is 5.11 Å². The molecule has 1 unspecified atom stereocenters. The van der Waals surface area contributed by atoms with Gasteiger partial charge in [-0.05, 0) is 25.8 Å². The van der Waals surface area contributed by atoms with Crippen molar-refractivity contribution in [2.75, 3.05) is 25.0 Å². The first-order valence-electron chi connectivity index (χ1n) is 7.70. The summed E-state index contributed by atoms with van der Waals surface area (Å²) in [6.45, 7) is 3.44. The number of anilines is 1. The number of aryl methyl sites for hydroxylation is 1. The van der Waals surface area contributed by atoms with Crippen LogP contribution in [-0.4, -0.2) is 51.8 Å². The Labute approximate surface area is 129 Å². The van der Waals surface area contributed by atoms with Crippen molar-refractivity contribution in [3.8, 4) is 0 Å². The summed E-state index contributed by atoms with van der Waals surface area (Å²) in [5.74, 6) is -0.0754. The largest absolute Gasteiger partial charge is 0.395 e. The fraction of sp³-hybridized carbons (Fsp3) is 0.786. The molecular formula is C14H24N4O2S. The van der Waals surface area contributed by atoms with E-state index < -0.39 is 0 Å². The molecule has 0 saturated carbocycles. The SMILES string of the molecule is CCCCc1nnc(NC(=O)CN2CCCCC2CO)s1. The highest BCUT2D eigenvalue weighted by atomic mass is 32.1. The average molecular weight is 312 g/mol. The molecule has 0 aliphatic carbocycles. The van der Waals surface area contributed by atoms with E-state index in [1.54, 1.807) is 0 Å². The Morgan fingerprint density at radius 2 is 2.33 bits per heavy atom. The van der Waals surface area contributed by atoms with Crippen molar-refractivity contribution in [3.63, 3.8) is 0 Å². The molecule has 1 aliphatic rings. The number of carbonyl (C=O) groups excluding carboxylic acids is 1. The van der Waals surface area contributed by atoms with Gasteiger partial charge in [0.1, 0.15) is 5.01 Å². The van der Waals surface area contributed by atoms with Gasteiger partial charge in [-0.2, -0.15) is 0 Å². The number of rotatable bonds is 7. The van der Waals surface area contributed by atoms with Crippen LogP contribution < -0.4 is 5.32 Å². The van der Waals surface area contributed by atoms with Crippen LogP contribution in [0.3, 0.4) is 0 Å². The van der Waals surface area contributed by atoms with E-state index in [2.05, 4.69) is 27.3 Å². The number of piperidine rings is 1. The van der Waals surface area contributed by atoms with Gasteiger partial charge >= 0.3 is 0 Å². The number of unbranched alkanes of at least 4 members (excludes halogenated alkanes) is 1. The molecule has 1 saturated heterocycles. The van der Waals surface area contributed by atoms with Crippen molar-refractivity contribution < 1.29 is 9.90 Å². The number of aliphatic hydroxyl groups is 1. The van der Waals surface area contributed by atoms with Gasteiger partial charge in [0.25, 0.3) is 0 Å². The summed E-state index contributed by atoms with van der Waals surface area (Å²) in [7, 11) is 0. The minimum absolute atomic E-state index is 0.0754. The van der Waals surface area contributed by atoms with Crippen LogP contribution in [0.25, 0.3) is 0 Å². The molecule has 2 rings (SSSR count). The molecule has 2 heterocycles. The van der Waals surface area contributed by atoms with E-state index in [0.29, 0.717) is 11.7 Å². The Bertz CT molecular complexity index is 452. The number of aliphatic hydroxyl groups excluding tert-OH is 1. The van der Waals surface area contributed by atoms with Crippen LogP contribution in [0.4, 0.5) is 5.13 Å². The van der Waals surface area contributed by atoms with Crippen LogP contribution in [0.2, 0.25) is 0 Å².